The molecule has 0 aromatic carbocycles. The summed E-state index contributed by atoms with van der Waals surface area (Å²) >= 11 is 5.96. The van der Waals surface area contributed by atoms with E-state index in [1.807, 2.05) is 14.0 Å². The zero-order chi connectivity index (χ0) is 14.8. The number of sulfonamides is 1. The summed E-state index contributed by atoms with van der Waals surface area (Å²) in [6.07, 6.45) is 3.10. The Morgan fingerprint density at radius 3 is 2.85 bits per heavy atom. The molecule has 1 aromatic rings. The molecule has 1 aliphatic heterocycles. The molecular weight excluding hydrogens is 298 g/mol. The van der Waals surface area contributed by atoms with Crippen LogP contribution in [0, 0.1) is 0 Å². The fraction of sp³-hybridized carbons (Fsp3) is 0.615. The van der Waals surface area contributed by atoms with Crippen LogP contribution in [0.5, 0.6) is 0 Å². The molecule has 0 radical (unpaired) electrons. The van der Waals surface area contributed by atoms with Crippen molar-refractivity contribution in [1.29, 1.82) is 0 Å². The average Bonchev–Trinajstić information content (AvgIpc) is 2.60. The molecule has 1 unspecified atom stereocenters. The molecule has 1 aliphatic rings. The van der Waals surface area contributed by atoms with Crippen LogP contribution in [-0.2, 0) is 10.0 Å². The van der Waals surface area contributed by atoms with Crippen molar-refractivity contribution in [2.75, 3.05) is 26.7 Å². The smallest absolute Gasteiger partial charge is 0.246 e. The zero-order valence-corrected chi connectivity index (χ0v) is 13.4. The molecule has 20 heavy (non-hydrogen) atoms. The van der Waals surface area contributed by atoms with E-state index in [9.17, 15) is 8.42 Å². The van der Waals surface area contributed by atoms with E-state index in [1.165, 1.54) is 12.3 Å². The number of halogens is 1. The van der Waals surface area contributed by atoms with Gasteiger partial charge in [0.1, 0.15) is 10.0 Å². The number of hydrogen-bond donors (Lipinski definition) is 0. The van der Waals surface area contributed by atoms with Crippen LogP contribution in [-0.4, -0.2) is 55.3 Å². The van der Waals surface area contributed by atoms with Crippen LogP contribution in [0.1, 0.15) is 19.8 Å². The van der Waals surface area contributed by atoms with Gasteiger partial charge in [-0.3, -0.25) is 0 Å². The number of aromatic nitrogens is 1. The van der Waals surface area contributed by atoms with Gasteiger partial charge in [-0.15, -0.1) is 0 Å². The van der Waals surface area contributed by atoms with Gasteiger partial charge in [-0.2, -0.15) is 4.31 Å². The molecule has 0 saturated carbocycles. The SMILES string of the molecule is CCC1CN(C)CCCN1S(=O)(=O)c1cccnc1Cl. The van der Waals surface area contributed by atoms with Crippen LogP contribution < -0.4 is 0 Å². The minimum Gasteiger partial charge on any atom is -0.305 e. The van der Waals surface area contributed by atoms with Gasteiger partial charge in [0.25, 0.3) is 0 Å². The third kappa shape index (κ3) is 3.14. The number of likely N-dealkylation sites (N-methyl/N-ethyl adjacent to an activating group) is 1. The number of pyridine rings is 1. The molecule has 7 heteroatoms. The highest BCUT2D eigenvalue weighted by Gasteiger charge is 2.34. The van der Waals surface area contributed by atoms with Crippen molar-refractivity contribution in [1.82, 2.24) is 14.2 Å². The standard InChI is InChI=1S/C13H20ClN3O2S/c1-3-11-10-16(2)8-5-9-17(11)20(18,19)12-6-4-7-15-13(12)14/h4,6-7,11H,3,5,8-10H2,1-2H3. The largest absolute Gasteiger partial charge is 0.305 e. The lowest BCUT2D eigenvalue weighted by molar-refractivity contribution is 0.270. The first-order valence-corrected chi connectivity index (χ1v) is 8.59. The summed E-state index contributed by atoms with van der Waals surface area (Å²) in [6.45, 7) is 4.19. The van der Waals surface area contributed by atoms with Gasteiger partial charge in [0, 0.05) is 25.3 Å². The molecule has 0 N–H and O–H groups in total. The normalized spacial score (nSPS) is 22.6. The third-order valence-corrected chi connectivity index (χ3v) is 6.03. The van der Waals surface area contributed by atoms with Crippen LogP contribution in [0.25, 0.3) is 0 Å². The maximum Gasteiger partial charge on any atom is 0.246 e. The second-order valence-corrected chi connectivity index (χ2v) is 7.30. The molecule has 2 heterocycles. The Balaban J connectivity index is 2.39. The van der Waals surface area contributed by atoms with Gasteiger partial charge in [-0.25, -0.2) is 13.4 Å². The van der Waals surface area contributed by atoms with E-state index in [0.29, 0.717) is 6.54 Å². The van der Waals surface area contributed by atoms with Gasteiger partial charge in [-0.05, 0) is 38.6 Å². The van der Waals surface area contributed by atoms with Crippen LogP contribution in [0.15, 0.2) is 23.2 Å². The van der Waals surface area contributed by atoms with Crippen molar-refractivity contribution in [3.63, 3.8) is 0 Å². The van der Waals surface area contributed by atoms with Gasteiger partial charge >= 0.3 is 0 Å². The van der Waals surface area contributed by atoms with E-state index >= 15 is 0 Å². The molecular formula is C13H20ClN3O2S. The number of hydrogen-bond acceptors (Lipinski definition) is 4. The minimum absolute atomic E-state index is 0.0243. The second-order valence-electron chi connectivity index (χ2n) is 5.09. The Hall–Kier alpha value is -0.690. The molecule has 0 aliphatic carbocycles. The predicted octanol–water partition coefficient (Wildman–Crippen LogP) is 1.84. The van der Waals surface area contributed by atoms with Gasteiger partial charge < -0.3 is 4.90 Å². The Labute approximate surface area is 125 Å². The Morgan fingerprint density at radius 1 is 1.45 bits per heavy atom. The minimum atomic E-state index is -3.59. The fourth-order valence-electron chi connectivity index (χ4n) is 2.56. The third-order valence-electron chi connectivity index (χ3n) is 3.63. The maximum atomic E-state index is 12.8. The van der Waals surface area contributed by atoms with E-state index in [2.05, 4.69) is 9.88 Å². The summed E-state index contributed by atoms with van der Waals surface area (Å²) in [5.74, 6) is 0. The van der Waals surface area contributed by atoms with Crippen LogP contribution in [0.4, 0.5) is 0 Å². The van der Waals surface area contributed by atoms with E-state index in [4.69, 9.17) is 11.6 Å². The van der Waals surface area contributed by atoms with Crippen LogP contribution in [0.3, 0.4) is 0 Å². The molecule has 1 saturated heterocycles. The van der Waals surface area contributed by atoms with Crippen molar-refractivity contribution in [2.24, 2.45) is 0 Å². The number of rotatable bonds is 3. The highest BCUT2D eigenvalue weighted by molar-refractivity contribution is 7.89. The molecule has 1 fully saturated rings. The molecule has 0 amide bonds. The highest BCUT2D eigenvalue weighted by atomic mass is 35.5. The highest BCUT2D eigenvalue weighted by Crippen LogP contribution is 2.26. The Bertz CT molecular complexity index is 564. The quantitative estimate of drug-likeness (QED) is 0.798. The second kappa shape index (κ2) is 6.39. The average molecular weight is 318 g/mol. The topological polar surface area (TPSA) is 53.5 Å². The van der Waals surface area contributed by atoms with E-state index in [1.54, 1.807) is 10.4 Å². The van der Waals surface area contributed by atoms with Gasteiger partial charge in [-0.1, -0.05) is 18.5 Å². The summed E-state index contributed by atoms with van der Waals surface area (Å²) in [6, 6.07) is 3.10. The Morgan fingerprint density at radius 2 is 2.20 bits per heavy atom. The van der Waals surface area contributed by atoms with E-state index in [-0.39, 0.29) is 16.1 Å². The van der Waals surface area contributed by atoms with Gasteiger partial charge in [0.05, 0.1) is 0 Å². The van der Waals surface area contributed by atoms with E-state index < -0.39 is 10.0 Å². The van der Waals surface area contributed by atoms with Gasteiger partial charge in [0.2, 0.25) is 10.0 Å². The molecule has 1 atom stereocenters. The van der Waals surface area contributed by atoms with Gasteiger partial charge in [0.15, 0.2) is 0 Å². The van der Waals surface area contributed by atoms with Crippen LogP contribution in [0.2, 0.25) is 5.15 Å². The monoisotopic (exact) mass is 317 g/mol. The van der Waals surface area contributed by atoms with Crippen molar-refractivity contribution in [3.8, 4) is 0 Å². The zero-order valence-electron chi connectivity index (χ0n) is 11.8. The Kier molecular flexibility index (Phi) is 5.01. The summed E-state index contributed by atoms with van der Waals surface area (Å²) in [7, 11) is -1.56. The lowest BCUT2D eigenvalue weighted by Gasteiger charge is -2.29. The summed E-state index contributed by atoms with van der Waals surface area (Å²) in [5.41, 5.74) is 0. The van der Waals surface area contributed by atoms with Crippen molar-refractivity contribution < 1.29 is 8.42 Å². The summed E-state index contributed by atoms with van der Waals surface area (Å²) < 4.78 is 27.2. The van der Waals surface area contributed by atoms with Crippen molar-refractivity contribution in [2.45, 2.75) is 30.7 Å². The lowest BCUT2D eigenvalue weighted by atomic mass is 10.2. The predicted molar refractivity (Wildman–Crippen MR) is 79.3 cm³/mol. The first-order valence-electron chi connectivity index (χ1n) is 6.77. The molecule has 0 spiro atoms. The van der Waals surface area contributed by atoms with E-state index in [0.717, 1.165) is 25.9 Å². The molecule has 0 bridgehead atoms. The first kappa shape index (κ1) is 15.7. The first-order chi connectivity index (χ1) is 9.46. The summed E-state index contributed by atoms with van der Waals surface area (Å²) in [5, 5.41) is 0.0416. The molecule has 1 aromatic heterocycles. The van der Waals surface area contributed by atoms with Crippen molar-refractivity contribution >= 4 is 21.6 Å². The van der Waals surface area contributed by atoms with Crippen molar-refractivity contribution in [3.05, 3.63) is 23.5 Å². The summed E-state index contributed by atoms with van der Waals surface area (Å²) in [4.78, 5) is 6.16. The molecule has 112 valence electrons. The molecule has 5 nitrogen and oxygen atoms in total. The number of nitrogens with zero attached hydrogens (tertiary/aromatic N) is 3. The lowest BCUT2D eigenvalue weighted by Crippen LogP contribution is -2.43. The molecule has 2 rings (SSSR count). The van der Waals surface area contributed by atoms with Crippen LogP contribution >= 0.6 is 11.6 Å². The maximum absolute atomic E-state index is 12.8. The fourth-order valence-corrected chi connectivity index (χ4v) is 4.72.